The zero-order chi connectivity index (χ0) is 24.1. The normalized spacial score (nSPS) is 14.5. The summed E-state index contributed by atoms with van der Waals surface area (Å²) in [5.74, 6) is -1.66. The average molecular weight is 478 g/mol. The number of anilines is 2. The van der Waals surface area contributed by atoms with Crippen molar-refractivity contribution in [3.63, 3.8) is 0 Å². The lowest BCUT2D eigenvalue weighted by molar-refractivity contribution is 0.0909. The number of benzene rings is 2. The van der Waals surface area contributed by atoms with Gasteiger partial charge < -0.3 is 0 Å². The Morgan fingerprint density at radius 1 is 0.514 bits per heavy atom. The molecule has 2 aliphatic heterocycles. The highest BCUT2D eigenvalue weighted by atomic mass is 32.2. The van der Waals surface area contributed by atoms with Gasteiger partial charge in [0.2, 0.25) is 0 Å². The SMILES string of the molecule is O=C1c2cccnc2C(=O)N1c1ccc(Sc2ccc(N3C(=O)c4cccnc4C3=O)cc2)cc1. The number of pyridine rings is 2. The number of hydrogen-bond donors (Lipinski definition) is 0. The summed E-state index contributed by atoms with van der Waals surface area (Å²) in [6.07, 6.45) is 2.98. The first-order chi connectivity index (χ1) is 17.0. The van der Waals surface area contributed by atoms with Crippen molar-refractivity contribution in [3.05, 3.63) is 108 Å². The molecule has 0 radical (unpaired) electrons. The van der Waals surface area contributed by atoms with Gasteiger partial charge in [-0.3, -0.25) is 29.1 Å². The molecule has 0 unspecified atom stereocenters. The van der Waals surface area contributed by atoms with E-state index in [4.69, 9.17) is 0 Å². The first-order valence-electron chi connectivity index (χ1n) is 10.6. The molecule has 0 fully saturated rings. The average Bonchev–Trinajstić information content (AvgIpc) is 3.30. The van der Waals surface area contributed by atoms with Crippen LogP contribution >= 0.6 is 11.8 Å². The number of carbonyl (C=O) groups excluding carboxylic acids is 4. The van der Waals surface area contributed by atoms with E-state index in [0.29, 0.717) is 22.5 Å². The number of aromatic nitrogens is 2. The molecule has 4 aromatic rings. The van der Waals surface area contributed by atoms with Gasteiger partial charge in [0.25, 0.3) is 23.6 Å². The Bertz CT molecular complexity index is 1360. The molecule has 35 heavy (non-hydrogen) atoms. The van der Waals surface area contributed by atoms with Crippen LogP contribution in [0.1, 0.15) is 41.7 Å². The van der Waals surface area contributed by atoms with Crippen molar-refractivity contribution in [2.24, 2.45) is 0 Å². The Balaban J connectivity index is 1.18. The van der Waals surface area contributed by atoms with Crippen molar-refractivity contribution >= 4 is 46.8 Å². The number of rotatable bonds is 4. The lowest BCUT2D eigenvalue weighted by Gasteiger charge is -2.15. The zero-order valence-corrected chi connectivity index (χ0v) is 18.7. The molecular weight excluding hydrogens is 464 g/mol. The number of amides is 4. The Morgan fingerprint density at radius 2 is 0.914 bits per heavy atom. The lowest BCUT2D eigenvalue weighted by Crippen LogP contribution is -2.29. The molecule has 9 heteroatoms. The summed E-state index contributed by atoms with van der Waals surface area (Å²) in [6, 6.07) is 20.6. The summed E-state index contributed by atoms with van der Waals surface area (Å²) in [7, 11) is 0. The molecule has 4 heterocycles. The molecule has 168 valence electrons. The van der Waals surface area contributed by atoms with Crippen LogP contribution in [0.4, 0.5) is 11.4 Å². The second kappa shape index (κ2) is 8.00. The van der Waals surface area contributed by atoms with Crippen LogP contribution in [0.3, 0.4) is 0 Å². The minimum absolute atomic E-state index is 0.157. The molecule has 0 atom stereocenters. The minimum Gasteiger partial charge on any atom is -0.268 e. The highest BCUT2D eigenvalue weighted by molar-refractivity contribution is 7.99. The maximum atomic E-state index is 12.6. The topological polar surface area (TPSA) is 101 Å². The van der Waals surface area contributed by atoms with E-state index in [1.807, 2.05) is 24.3 Å². The van der Waals surface area contributed by atoms with Gasteiger partial charge in [0, 0.05) is 22.2 Å². The monoisotopic (exact) mass is 478 g/mol. The Morgan fingerprint density at radius 3 is 1.29 bits per heavy atom. The molecule has 0 bridgehead atoms. The number of imide groups is 2. The largest absolute Gasteiger partial charge is 0.284 e. The minimum atomic E-state index is -0.440. The summed E-state index contributed by atoms with van der Waals surface area (Å²) in [5, 5.41) is 0. The smallest absolute Gasteiger partial charge is 0.268 e. The van der Waals surface area contributed by atoms with E-state index >= 15 is 0 Å². The first kappa shape index (κ1) is 20.9. The van der Waals surface area contributed by atoms with Gasteiger partial charge in [-0.2, -0.15) is 0 Å². The molecule has 0 aliphatic carbocycles. The number of nitrogens with zero attached hydrogens (tertiary/aromatic N) is 4. The van der Waals surface area contributed by atoms with Crippen molar-refractivity contribution in [1.82, 2.24) is 9.97 Å². The van der Waals surface area contributed by atoms with Gasteiger partial charge in [-0.05, 0) is 72.8 Å². The summed E-state index contributed by atoms with van der Waals surface area (Å²) in [5.41, 5.74) is 1.85. The van der Waals surface area contributed by atoms with Gasteiger partial charge in [0.15, 0.2) is 0 Å². The van der Waals surface area contributed by atoms with Crippen LogP contribution in [-0.4, -0.2) is 33.6 Å². The molecule has 6 rings (SSSR count). The van der Waals surface area contributed by atoms with Gasteiger partial charge >= 0.3 is 0 Å². The molecule has 0 saturated carbocycles. The van der Waals surface area contributed by atoms with Gasteiger partial charge in [-0.15, -0.1) is 0 Å². The van der Waals surface area contributed by atoms with Crippen LogP contribution in [0.25, 0.3) is 0 Å². The molecule has 4 amide bonds. The van der Waals surface area contributed by atoms with Crippen LogP contribution in [0.2, 0.25) is 0 Å². The highest BCUT2D eigenvalue weighted by Gasteiger charge is 2.38. The fourth-order valence-electron chi connectivity index (χ4n) is 4.07. The van der Waals surface area contributed by atoms with E-state index in [1.54, 1.807) is 48.5 Å². The zero-order valence-electron chi connectivity index (χ0n) is 17.9. The quantitative estimate of drug-likeness (QED) is 0.405. The van der Waals surface area contributed by atoms with Gasteiger partial charge in [-0.1, -0.05) is 11.8 Å². The third-order valence-electron chi connectivity index (χ3n) is 5.72. The Hall–Kier alpha value is -4.63. The highest BCUT2D eigenvalue weighted by Crippen LogP contribution is 2.34. The molecule has 2 aromatic carbocycles. The van der Waals surface area contributed by atoms with Gasteiger partial charge in [-0.25, -0.2) is 9.80 Å². The lowest BCUT2D eigenvalue weighted by atomic mass is 10.2. The van der Waals surface area contributed by atoms with Crippen molar-refractivity contribution in [1.29, 1.82) is 0 Å². The summed E-state index contributed by atoms with van der Waals surface area (Å²) in [6.45, 7) is 0. The fraction of sp³-hybridized carbons (Fsp3) is 0. The Kier molecular flexibility index (Phi) is 4.78. The van der Waals surface area contributed by atoms with E-state index in [9.17, 15) is 19.2 Å². The van der Waals surface area contributed by atoms with Crippen LogP contribution in [0, 0.1) is 0 Å². The fourth-order valence-corrected chi connectivity index (χ4v) is 4.88. The maximum absolute atomic E-state index is 12.6. The number of carbonyl (C=O) groups is 4. The van der Waals surface area contributed by atoms with Crippen LogP contribution in [0.15, 0.2) is 95.0 Å². The van der Waals surface area contributed by atoms with Crippen molar-refractivity contribution in [2.45, 2.75) is 9.79 Å². The second-order valence-corrected chi connectivity index (χ2v) is 8.93. The van der Waals surface area contributed by atoms with Gasteiger partial charge in [0.1, 0.15) is 11.4 Å². The predicted octanol–water partition coefficient (Wildman–Crippen LogP) is 4.23. The third-order valence-corrected chi connectivity index (χ3v) is 6.74. The van der Waals surface area contributed by atoms with E-state index in [1.165, 1.54) is 24.2 Å². The van der Waals surface area contributed by atoms with E-state index in [-0.39, 0.29) is 11.4 Å². The van der Waals surface area contributed by atoms with Crippen molar-refractivity contribution < 1.29 is 19.2 Å². The molecule has 0 saturated heterocycles. The third kappa shape index (κ3) is 3.32. The van der Waals surface area contributed by atoms with Crippen molar-refractivity contribution in [2.75, 3.05) is 9.80 Å². The Labute approximate surface area is 203 Å². The van der Waals surface area contributed by atoms with Crippen molar-refractivity contribution in [3.8, 4) is 0 Å². The van der Waals surface area contributed by atoms with Crippen LogP contribution in [0.5, 0.6) is 0 Å². The molecule has 0 N–H and O–H groups in total. The molecule has 0 spiro atoms. The second-order valence-electron chi connectivity index (χ2n) is 7.78. The standard InChI is InChI=1S/C26H14N4O4S/c31-23-19-3-1-13-27-21(19)25(33)29(23)15-5-9-17(10-6-15)35-18-11-7-16(8-12-18)30-24(32)20-4-2-14-28-22(20)26(30)34/h1-14H. The summed E-state index contributed by atoms with van der Waals surface area (Å²) < 4.78 is 0. The molecule has 2 aliphatic rings. The number of fused-ring (bicyclic) bond motifs is 2. The summed E-state index contributed by atoms with van der Waals surface area (Å²) in [4.78, 5) is 62.6. The number of hydrogen-bond acceptors (Lipinski definition) is 7. The predicted molar refractivity (Wildman–Crippen MR) is 128 cm³/mol. The molecule has 8 nitrogen and oxygen atoms in total. The maximum Gasteiger partial charge on any atom is 0.284 e. The van der Waals surface area contributed by atoms with Gasteiger partial charge in [0.05, 0.1) is 22.5 Å². The van der Waals surface area contributed by atoms with Crippen LogP contribution < -0.4 is 9.80 Å². The first-order valence-corrected chi connectivity index (χ1v) is 11.4. The van der Waals surface area contributed by atoms with E-state index < -0.39 is 23.6 Å². The van der Waals surface area contributed by atoms with E-state index in [2.05, 4.69) is 9.97 Å². The summed E-state index contributed by atoms with van der Waals surface area (Å²) >= 11 is 1.47. The molecular formula is C26H14N4O4S. The van der Waals surface area contributed by atoms with E-state index in [0.717, 1.165) is 19.6 Å². The van der Waals surface area contributed by atoms with Crippen LogP contribution in [-0.2, 0) is 0 Å². The molecule has 2 aromatic heterocycles.